The number of hydrogen-bond acceptors (Lipinski definition) is 3. The van der Waals surface area contributed by atoms with Gasteiger partial charge in [0.1, 0.15) is 0 Å². The van der Waals surface area contributed by atoms with Crippen LogP contribution in [-0.2, 0) is 17.8 Å². The van der Waals surface area contributed by atoms with Crippen molar-refractivity contribution < 1.29 is 4.79 Å². The van der Waals surface area contributed by atoms with Crippen LogP contribution in [0.5, 0.6) is 0 Å². The fourth-order valence-electron chi connectivity index (χ4n) is 2.75. The van der Waals surface area contributed by atoms with Crippen molar-refractivity contribution in [3.8, 4) is 0 Å². The molecule has 1 heterocycles. The molecule has 0 aliphatic heterocycles. The van der Waals surface area contributed by atoms with Gasteiger partial charge in [0.15, 0.2) is 0 Å². The summed E-state index contributed by atoms with van der Waals surface area (Å²) in [7, 11) is 2.07. The fraction of sp³-hybridized carbons (Fsp3) is 0.429. The Kier molecular flexibility index (Phi) is 7.61. The molecule has 1 aromatic carbocycles. The van der Waals surface area contributed by atoms with Crippen molar-refractivity contribution in [3.63, 3.8) is 0 Å². The summed E-state index contributed by atoms with van der Waals surface area (Å²) in [5.74, 6) is 0.217. The predicted octanol–water partition coefficient (Wildman–Crippen LogP) is 3.38. The summed E-state index contributed by atoms with van der Waals surface area (Å²) in [5.41, 5.74) is 2.46. The van der Waals surface area contributed by atoms with Gasteiger partial charge in [-0.05, 0) is 50.6 Å². The molecule has 0 fully saturated rings. The van der Waals surface area contributed by atoms with E-state index < -0.39 is 0 Å². The number of nitrogens with zero attached hydrogens (tertiary/aromatic N) is 3. The number of pyridine rings is 1. The zero-order chi connectivity index (χ0) is 18.1. The van der Waals surface area contributed by atoms with Crippen molar-refractivity contribution in [2.75, 3.05) is 20.1 Å². The molecular formula is C21H29N3O. The minimum absolute atomic E-state index is 0.204. The number of aromatic nitrogens is 1. The van der Waals surface area contributed by atoms with Crippen molar-refractivity contribution in [3.05, 3.63) is 66.0 Å². The van der Waals surface area contributed by atoms with E-state index >= 15 is 0 Å². The second-order valence-electron chi connectivity index (χ2n) is 6.76. The highest BCUT2D eigenvalue weighted by molar-refractivity contribution is 5.76. The number of benzene rings is 1. The summed E-state index contributed by atoms with van der Waals surface area (Å²) in [5, 5.41) is 0. The van der Waals surface area contributed by atoms with E-state index in [-0.39, 0.29) is 11.9 Å². The van der Waals surface area contributed by atoms with E-state index in [9.17, 15) is 4.79 Å². The zero-order valence-corrected chi connectivity index (χ0v) is 15.6. The summed E-state index contributed by atoms with van der Waals surface area (Å²) < 4.78 is 0. The van der Waals surface area contributed by atoms with Crippen LogP contribution in [0, 0.1) is 0 Å². The van der Waals surface area contributed by atoms with Gasteiger partial charge in [-0.1, -0.05) is 30.3 Å². The third-order valence-electron chi connectivity index (χ3n) is 4.38. The monoisotopic (exact) mass is 339 g/mol. The lowest BCUT2D eigenvalue weighted by molar-refractivity contribution is -0.133. The van der Waals surface area contributed by atoms with Gasteiger partial charge in [0.05, 0.1) is 0 Å². The third-order valence-corrected chi connectivity index (χ3v) is 4.38. The van der Waals surface area contributed by atoms with Gasteiger partial charge in [0, 0.05) is 44.5 Å². The molecular weight excluding hydrogens is 310 g/mol. The Morgan fingerprint density at radius 2 is 1.68 bits per heavy atom. The maximum Gasteiger partial charge on any atom is 0.224 e. The highest BCUT2D eigenvalue weighted by Gasteiger charge is 2.17. The first-order valence-electron chi connectivity index (χ1n) is 8.97. The van der Waals surface area contributed by atoms with Crippen LogP contribution in [0.15, 0.2) is 54.9 Å². The number of amides is 1. The molecule has 2 aromatic rings. The van der Waals surface area contributed by atoms with E-state index in [1.807, 2.05) is 47.6 Å². The Bertz CT molecular complexity index is 628. The molecule has 0 radical (unpaired) electrons. The lowest BCUT2D eigenvalue weighted by Gasteiger charge is -2.28. The molecule has 2 rings (SSSR count). The van der Waals surface area contributed by atoms with E-state index in [1.54, 1.807) is 0 Å². The molecule has 4 heteroatoms. The van der Waals surface area contributed by atoms with Gasteiger partial charge in [-0.25, -0.2) is 0 Å². The second kappa shape index (κ2) is 9.94. The van der Waals surface area contributed by atoms with E-state index in [0.717, 1.165) is 19.5 Å². The lowest BCUT2D eigenvalue weighted by atomic mass is 10.1. The van der Waals surface area contributed by atoms with Crippen molar-refractivity contribution in [1.82, 2.24) is 14.8 Å². The van der Waals surface area contributed by atoms with Crippen LogP contribution in [0.25, 0.3) is 0 Å². The molecule has 0 unspecified atom stereocenters. The standard InChI is InChI=1S/C21H29N3O/c1-18(2)24(17-20-7-5-4-6-8-20)21(25)12-16-23(3)15-11-19-9-13-22-14-10-19/h4-10,13-14,18H,11-12,15-17H2,1-3H3. The van der Waals surface area contributed by atoms with E-state index in [0.29, 0.717) is 13.0 Å². The molecule has 0 saturated carbocycles. The average Bonchev–Trinajstić information content (AvgIpc) is 2.64. The van der Waals surface area contributed by atoms with Crippen LogP contribution in [0.1, 0.15) is 31.4 Å². The van der Waals surface area contributed by atoms with Gasteiger partial charge >= 0.3 is 0 Å². The molecule has 4 nitrogen and oxygen atoms in total. The molecule has 0 aliphatic carbocycles. The number of hydrogen-bond donors (Lipinski definition) is 0. The first-order valence-corrected chi connectivity index (χ1v) is 8.97. The first kappa shape index (κ1) is 19.1. The van der Waals surface area contributed by atoms with Crippen molar-refractivity contribution in [2.24, 2.45) is 0 Å². The highest BCUT2D eigenvalue weighted by atomic mass is 16.2. The van der Waals surface area contributed by atoms with Gasteiger partial charge in [0.25, 0.3) is 0 Å². The Morgan fingerprint density at radius 1 is 1.00 bits per heavy atom. The van der Waals surface area contributed by atoms with Gasteiger partial charge in [-0.2, -0.15) is 0 Å². The Hall–Kier alpha value is -2.20. The van der Waals surface area contributed by atoms with Gasteiger partial charge in [0.2, 0.25) is 5.91 Å². The van der Waals surface area contributed by atoms with Crippen molar-refractivity contribution >= 4 is 5.91 Å². The van der Waals surface area contributed by atoms with Gasteiger partial charge < -0.3 is 9.80 Å². The maximum atomic E-state index is 12.7. The minimum atomic E-state index is 0.204. The largest absolute Gasteiger partial charge is 0.336 e. The van der Waals surface area contributed by atoms with Gasteiger partial charge in [-0.3, -0.25) is 9.78 Å². The predicted molar refractivity (Wildman–Crippen MR) is 102 cm³/mol. The second-order valence-corrected chi connectivity index (χ2v) is 6.76. The number of rotatable bonds is 9. The molecule has 134 valence electrons. The van der Waals surface area contributed by atoms with E-state index in [4.69, 9.17) is 0 Å². The van der Waals surface area contributed by atoms with Crippen molar-refractivity contribution in [2.45, 2.75) is 39.3 Å². The Morgan fingerprint density at radius 3 is 2.32 bits per heavy atom. The third kappa shape index (κ3) is 6.67. The van der Waals surface area contributed by atoms with E-state index in [1.165, 1.54) is 11.1 Å². The normalized spacial score (nSPS) is 11.1. The quantitative estimate of drug-likeness (QED) is 0.703. The van der Waals surface area contributed by atoms with Crippen LogP contribution in [0.2, 0.25) is 0 Å². The molecule has 0 N–H and O–H groups in total. The fourth-order valence-corrected chi connectivity index (χ4v) is 2.75. The van der Waals surface area contributed by atoms with Crippen LogP contribution in [0.3, 0.4) is 0 Å². The number of carbonyl (C=O) groups is 1. The molecule has 0 bridgehead atoms. The van der Waals surface area contributed by atoms with Crippen LogP contribution in [-0.4, -0.2) is 46.9 Å². The molecule has 0 saturated heterocycles. The first-order chi connectivity index (χ1) is 12.1. The average molecular weight is 339 g/mol. The van der Waals surface area contributed by atoms with Crippen LogP contribution >= 0.6 is 0 Å². The van der Waals surface area contributed by atoms with Gasteiger partial charge in [-0.15, -0.1) is 0 Å². The summed E-state index contributed by atoms with van der Waals surface area (Å²) in [6.07, 6.45) is 5.18. The Balaban J connectivity index is 1.80. The van der Waals surface area contributed by atoms with Crippen LogP contribution < -0.4 is 0 Å². The van der Waals surface area contributed by atoms with Crippen molar-refractivity contribution in [1.29, 1.82) is 0 Å². The highest BCUT2D eigenvalue weighted by Crippen LogP contribution is 2.10. The molecule has 0 aliphatic rings. The summed E-state index contributed by atoms with van der Waals surface area (Å²) in [4.78, 5) is 20.9. The number of likely N-dealkylation sites (N-methyl/N-ethyl adjacent to an activating group) is 1. The summed E-state index contributed by atoms with van der Waals surface area (Å²) in [6.45, 7) is 6.56. The summed E-state index contributed by atoms with van der Waals surface area (Å²) in [6, 6.07) is 14.5. The number of carbonyl (C=O) groups excluding carboxylic acids is 1. The zero-order valence-electron chi connectivity index (χ0n) is 15.6. The topological polar surface area (TPSA) is 36.4 Å². The lowest BCUT2D eigenvalue weighted by Crippen LogP contribution is -2.38. The maximum absolute atomic E-state index is 12.7. The molecule has 0 atom stereocenters. The minimum Gasteiger partial charge on any atom is -0.336 e. The summed E-state index contributed by atoms with van der Waals surface area (Å²) >= 11 is 0. The van der Waals surface area contributed by atoms with E-state index in [2.05, 4.69) is 42.9 Å². The molecule has 25 heavy (non-hydrogen) atoms. The molecule has 1 amide bonds. The molecule has 0 spiro atoms. The smallest absolute Gasteiger partial charge is 0.224 e. The Labute approximate surface area is 151 Å². The SMILES string of the molecule is CC(C)N(Cc1ccccc1)C(=O)CCN(C)CCc1ccncc1. The molecule has 1 aromatic heterocycles. The van der Waals surface area contributed by atoms with Crippen LogP contribution in [0.4, 0.5) is 0 Å².